The van der Waals surface area contributed by atoms with E-state index in [9.17, 15) is 4.79 Å². The van der Waals surface area contributed by atoms with E-state index in [1.165, 1.54) is 56.1 Å². The molecule has 1 nitrogen and oxygen atoms in total. The minimum absolute atomic E-state index is 0.381. The van der Waals surface area contributed by atoms with Crippen molar-refractivity contribution in [1.82, 2.24) is 0 Å². The molecule has 0 spiro atoms. The molecular weight excluding hydrogens is 220 g/mol. The predicted octanol–water partition coefficient (Wildman–Crippen LogP) is 3.79. The molecule has 0 aliphatic heterocycles. The lowest BCUT2D eigenvalue weighted by molar-refractivity contribution is 0.0956. The van der Waals surface area contributed by atoms with Crippen molar-refractivity contribution in [3.8, 4) is 0 Å². The van der Waals surface area contributed by atoms with Gasteiger partial charge in [-0.15, -0.1) is 0 Å². The average molecular weight is 240 g/mol. The van der Waals surface area contributed by atoms with Crippen LogP contribution in [0.25, 0.3) is 0 Å². The third kappa shape index (κ3) is 1.56. The van der Waals surface area contributed by atoms with Gasteiger partial charge in [0.1, 0.15) is 0 Å². The standard InChI is InChI=1S/C17H20O/c18-17(16-14-6-1-2-7-15(14)16)13-9-8-11-4-3-5-12(11)10-13/h8-10,14-16H,1-7H2. The van der Waals surface area contributed by atoms with Crippen LogP contribution in [0.5, 0.6) is 0 Å². The molecule has 3 aliphatic carbocycles. The van der Waals surface area contributed by atoms with Gasteiger partial charge in [0.2, 0.25) is 0 Å². The number of fused-ring (bicyclic) bond motifs is 2. The van der Waals surface area contributed by atoms with Crippen LogP contribution in [-0.4, -0.2) is 5.78 Å². The molecule has 0 saturated heterocycles. The highest BCUT2D eigenvalue weighted by Gasteiger charge is 2.54. The van der Waals surface area contributed by atoms with Crippen molar-refractivity contribution < 1.29 is 4.79 Å². The van der Waals surface area contributed by atoms with Gasteiger partial charge in [-0.1, -0.05) is 25.0 Å². The molecule has 2 saturated carbocycles. The van der Waals surface area contributed by atoms with Crippen LogP contribution in [0.15, 0.2) is 18.2 Å². The Morgan fingerprint density at radius 1 is 0.944 bits per heavy atom. The quantitative estimate of drug-likeness (QED) is 0.719. The largest absolute Gasteiger partial charge is 0.294 e. The summed E-state index contributed by atoms with van der Waals surface area (Å²) in [5.74, 6) is 2.30. The van der Waals surface area contributed by atoms with E-state index in [1.807, 2.05) is 0 Å². The second kappa shape index (κ2) is 3.94. The Hall–Kier alpha value is -1.11. The summed E-state index contributed by atoms with van der Waals surface area (Å²) in [4.78, 5) is 12.6. The van der Waals surface area contributed by atoms with Crippen LogP contribution < -0.4 is 0 Å². The summed E-state index contributed by atoms with van der Waals surface area (Å²) < 4.78 is 0. The van der Waals surface area contributed by atoms with Crippen LogP contribution in [0.1, 0.15) is 53.6 Å². The normalized spacial score (nSPS) is 32.8. The van der Waals surface area contributed by atoms with Crippen LogP contribution in [0.2, 0.25) is 0 Å². The molecule has 0 aromatic heterocycles. The first kappa shape index (κ1) is 10.8. The van der Waals surface area contributed by atoms with Crippen LogP contribution in [0.3, 0.4) is 0 Å². The van der Waals surface area contributed by atoms with Crippen molar-refractivity contribution in [2.45, 2.75) is 44.9 Å². The van der Waals surface area contributed by atoms with Crippen molar-refractivity contribution in [1.29, 1.82) is 0 Å². The van der Waals surface area contributed by atoms with E-state index in [0.29, 0.717) is 11.7 Å². The van der Waals surface area contributed by atoms with Crippen LogP contribution in [0.4, 0.5) is 0 Å². The predicted molar refractivity (Wildman–Crippen MR) is 71.7 cm³/mol. The average Bonchev–Trinajstić information content (AvgIpc) is 2.95. The molecule has 0 heterocycles. The SMILES string of the molecule is O=C(c1ccc2c(c1)CCC2)C1C2CCCCC21. The van der Waals surface area contributed by atoms with Gasteiger partial charge in [-0.05, 0) is 61.1 Å². The monoisotopic (exact) mass is 240 g/mol. The molecule has 1 aromatic rings. The second-order valence-corrected chi connectivity index (χ2v) is 6.34. The van der Waals surface area contributed by atoms with Crippen molar-refractivity contribution in [2.24, 2.45) is 17.8 Å². The number of benzene rings is 1. The second-order valence-electron chi connectivity index (χ2n) is 6.34. The van der Waals surface area contributed by atoms with Crippen molar-refractivity contribution in [2.75, 3.05) is 0 Å². The smallest absolute Gasteiger partial charge is 0.166 e. The molecule has 2 atom stereocenters. The molecule has 0 amide bonds. The van der Waals surface area contributed by atoms with E-state index in [-0.39, 0.29) is 0 Å². The fourth-order valence-corrected chi connectivity index (χ4v) is 4.30. The summed E-state index contributed by atoms with van der Waals surface area (Å²) in [6.07, 6.45) is 8.93. The summed E-state index contributed by atoms with van der Waals surface area (Å²) in [5.41, 5.74) is 3.90. The van der Waals surface area contributed by atoms with Crippen LogP contribution in [-0.2, 0) is 12.8 Å². The van der Waals surface area contributed by atoms with Gasteiger partial charge in [0.25, 0.3) is 0 Å². The molecular formula is C17H20O. The minimum atomic E-state index is 0.381. The Morgan fingerprint density at radius 3 is 2.44 bits per heavy atom. The Kier molecular flexibility index (Phi) is 2.36. The summed E-state index contributed by atoms with van der Waals surface area (Å²) >= 11 is 0. The summed E-state index contributed by atoms with van der Waals surface area (Å²) in [6, 6.07) is 6.47. The molecule has 4 rings (SSSR count). The topological polar surface area (TPSA) is 17.1 Å². The Labute approximate surface area is 109 Å². The van der Waals surface area contributed by atoms with Gasteiger partial charge < -0.3 is 0 Å². The number of carbonyl (C=O) groups excluding carboxylic acids is 1. The lowest BCUT2D eigenvalue weighted by atomic mass is 10.00. The number of Topliss-reactive ketones (excluding diaryl/α,β-unsaturated/α-hetero) is 1. The van der Waals surface area contributed by atoms with E-state index >= 15 is 0 Å². The highest BCUT2D eigenvalue weighted by Crippen LogP contribution is 2.56. The maximum atomic E-state index is 12.6. The van der Waals surface area contributed by atoms with Gasteiger partial charge in [0, 0.05) is 11.5 Å². The van der Waals surface area contributed by atoms with Gasteiger partial charge in [0.15, 0.2) is 5.78 Å². The van der Waals surface area contributed by atoms with Gasteiger partial charge in [-0.25, -0.2) is 0 Å². The van der Waals surface area contributed by atoms with Crippen LogP contribution >= 0.6 is 0 Å². The molecule has 94 valence electrons. The maximum absolute atomic E-state index is 12.6. The third-order valence-electron chi connectivity index (χ3n) is 5.34. The van der Waals surface area contributed by atoms with Gasteiger partial charge in [0.05, 0.1) is 0 Å². The van der Waals surface area contributed by atoms with Crippen molar-refractivity contribution in [3.05, 3.63) is 34.9 Å². The first-order valence-corrected chi connectivity index (χ1v) is 7.50. The Morgan fingerprint density at radius 2 is 1.67 bits per heavy atom. The van der Waals surface area contributed by atoms with E-state index in [4.69, 9.17) is 0 Å². The zero-order valence-corrected chi connectivity index (χ0v) is 10.8. The molecule has 2 fully saturated rings. The summed E-state index contributed by atoms with van der Waals surface area (Å²) in [5, 5.41) is 0. The van der Waals surface area contributed by atoms with Gasteiger partial charge in [-0.2, -0.15) is 0 Å². The molecule has 2 unspecified atom stereocenters. The first-order valence-electron chi connectivity index (χ1n) is 7.50. The zero-order valence-electron chi connectivity index (χ0n) is 10.8. The highest BCUT2D eigenvalue weighted by atomic mass is 16.1. The molecule has 0 N–H and O–H groups in total. The zero-order chi connectivity index (χ0) is 12.1. The van der Waals surface area contributed by atoms with E-state index in [2.05, 4.69) is 18.2 Å². The third-order valence-corrected chi connectivity index (χ3v) is 5.34. The minimum Gasteiger partial charge on any atom is -0.294 e. The van der Waals surface area contributed by atoms with E-state index in [0.717, 1.165) is 17.4 Å². The van der Waals surface area contributed by atoms with E-state index in [1.54, 1.807) is 0 Å². The Bertz CT molecular complexity index is 490. The van der Waals surface area contributed by atoms with Crippen LogP contribution in [0, 0.1) is 17.8 Å². The number of aryl methyl sites for hydroxylation is 2. The maximum Gasteiger partial charge on any atom is 0.166 e. The van der Waals surface area contributed by atoms with Gasteiger partial charge in [-0.3, -0.25) is 4.79 Å². The lowest BCUT2D eigenvalue weighted by Crippen LogP contribution is -2.05. The Balaban J connectivity index is 1.58. The highest BCUT2D eigenvalue weighted by molar-refractivity contribution is 6.00. The fraction of sp³-hybridized carbons (Fsp3) is 0.588. The lowest BCUT2D eigenvalue weighted by Gasteiger charge is -2.04. The first-order chi connectivity index (χ1) is 8.84. The number of ketones is 1. The molecule has 18 heavy (non-hydrogen) atoms. The number of rotatable bonds is 2. The molecule has 1 aromatic carbocycles. The summed E-state index contributed by atoms with van der Waals surface area (Å²) in [7, 11) is 0. The molecule has 3 aliphatic rings. The number of hydrogen-bond acceptors (Lipinski definition) is 1. The van der Waals surface area contributed by atoms with Crippen molar-refractivity contribution in [3.63, 3.8) is 0 Å². The number of carbonyl (C=O) groups is 1. The molecule has 0 bridgehead atoms. The molecule has 0 radical (unpaired) electrons. The van der Waals surface area contributed by atoms with Crippen molar-refractivity contribution >= 4 is 5.78 Å². The fourth-order valence-electron chi connectivity index (χ4n) is 4.30. The number of hydrogen-bond donors (Lipinski definition) is 0. The van der Waals surface area contributed by atoms with E-state index < -0.39 is 0 Å². The summed E-state index contributed by atoms with van der Waals surface area (Å²) in [6.45, 7) is 0. The van der Waals surface area contributed by atoms with Gasteiger partial charge >= 0.3 is 0 Å². The molecule has 1 heteroatoms.